The number of hydrogen-bond donors (Lipinski definition) is 1. The standard InChI is InChI=1S/C35H32FN3O5S/c1-37-35(40)33-28-20-27(31(38(2)45(4,41)42)21-32(28)44-34(33)22-12-14-26(36)15-13-22)23-9-7-10-24(18-23)30-19-25-8-5-6-11-29(25)39(30)16-17-43-3/h5-15,18-21H,16-17H2,1-4H3,(H,37,40). The normalized spacial score (nSPS) is 11.8. The van der Waals surface area contributed by atoms with Crippen LogP contribution in [0, 0.1) is 5.82 Å². The van der Waals surface area contributed by atoms with Crippen molar-refractivity contribution in [1.29, 1.82) is 0 Å². The molecule has 8 nitrogen and oxygen atoms in total. The maximum Gasteiger partial charge on any atom is 0.255 e. The number of benzene rings is 4. The molecular weight excluding hydrogens is 593 g/mol. The van der Waals surface area contributed by atoms with Crippen molar-refractivity contribution in [3.05, 3.63) is 102 Å². The topological polar surface area (TPSA) is 93.8 Å². The molecule has 1 N–H and O–H groups in total. The van der Waals surface area contributed by atoms with Crippen LogP contribution in [0.1, 0.15) is 10.4 Å². The molecule has 1 amide bonds. The molecule has 0 aliphatic carbocycles. The molecule has 2 aromatic heterocycles. The predicted molar refractivity (Wildman–Crippen MR) is 176 cm³/mol. The van der Waals surface area contributed by atoms with Gasteiger partial charge in [-0.2, -0.15) is 0 Å². The Morgan fingerprint density at radius 2 is 1.69 bits per heavy atom. The second kappa shape index (κ2) is 11.9. The molecule has 0 unspecified atom stereocenters. The van der Waals surface area contributed by atoms with E-state index in [0.29, 0.717) is 40.9 Å². The van der Waals surface area contributed by atoms with Crippen LogP contribution in [0.2, 0.25) is 0 Å². The lowest BCUT2D eigenvalue weighted by Crippen LogP contribution is -2.25. The number of sulfonamides is 1. The van der Waals surface area contributed by atoms with Crippen LogP contribution in [0.25, 0.3) is 55.6 Å². The van der Waals surface area contributed by atoms with Crippen molar-refractivity contribution >= 4 is 43.5 Å². The van der Waals surface area contributed by atoms with Gasteiger partial charge in [0, 0.05) is 66.9 Å². The molecule has 230 valence electrons. The van der Waals surface area contributed by atoms with Crippen LogP contribution in [-0.4, -0.2) is 53.0 Å². The molecule has 0 bridgehead atoms. The molecular formula is C35H32FN3O5S. The molecule has 0 aliphatic heterocycles. The minimum Gasteiger partial charge on any atom is -0.455 e. The number of carbonyl (C=O) groups excluding carboxylic acids is 1. The number of ether oxygens (including phenoxy) is 1. The van der Waals surface area contributed by atoms with Crippen molar-refractivity contribution in [2.24, 2.45) is 0 Å². The third-order valence-electron chi connectivity index (χ3n) is 8.00. The number of rotatable bonds is 9. The number of anilines is 1. The van der Waals surface area contributed by atoms with Gasteiger partial charge in [-0.25, -0.2) is 12.8 Å². The van der Waals surface area contributed by atoms with Gasteiger partial charge in [0.25, 0.3) is 5.91 Å². The number of halogens is 1. The molecule has 0 saturated carbocycles. The number of methoxy groups -OCH3 is 1. The van der Waals surface area contributed by atoms with Crippen molar-refractivity contribution < 1.29 is 26.8 Å². The smallest absolute Gasteiger partial charge is 0.255 e. The first-order chi connectivity index (χ1) is 21.6. The van der Waals surface area contributed by atoms with Gasteiger partial charge in [-0.15, -0.1) is 0 Å². The first-order valence-electron chi connectivity index (χ1n) is 14.3. The van der Waals surface area contributed by atoms with Crippen LogP contribution in [0.3, 0.4) is 0 Å². The second-order valence-corrected chi connectivity index (χ2v) is 12.8. The van der Waals surface area contributed by atoms with Crippen molar-refractivity contribution in [1.82, 2.24) is 9.88 Å². The zero-order valence-electron chi connectivity index (χ0n) is 25.3. The molecule has 0 fully saturated rings. The van der Waals surface area contributed by atoms with Gasteiger partial charge in [0.15, 0.2) is 0 Å². The number of amides is 1. The number of furan rings is 1. The van der Waals surface area contributed by atoms with Gasteiger partial charge in [0.05, 0.1) is 24.1 Å². The first-order valence-corrected chi connectivity index (χ1v) is 16.2. The maximum absolute atomic E-state index is 13.7. The van der Waals surface area contributed by atoms with E-state index >= 15 is 0 Å². The summed E-state index contributed by atoms with van der Waals surface area (Å²) >= 11 is 0. The number of fused-ring (bicyclic) bond motifs is 2. The molecule has 2 heterocycles. The van der Waals surface area contributed by atoms with E-state index in [0.717, 1.165) is 34.0 Å². The number of hydrogen-bond acceptors (Lipinski definition) is 5. The summed E-state index contributed by atoms with van der Waals surface area (Å²) in [5.74, 6) is -0.553. The monoisotopic (exact) mass is 625 g/mol. The molecule has 0 atom stereocenters. The summed E-state index contributed by atoms with van der Waals surface area (Å²) in [5.41, 5.74) is 5.81. The molecule has 4 aromatic carbocycles. The highest BCUT2D eigenvalue weighted by atomic mass is 32.2. The SMILES string of the molecule is CNC(=O)c1c(-c2ccc(F)cc2)oc2cc(N(C)S(C)(=O)=O)c(-c3cccc(-c4cc5ccccc5n4CCOC)c3)cc12. The van der Waals surface area contributed by atoms with Gasteiger partial charge in [-0.1, -0.05) is 36.4 Å². The van der Waals surface area contributed by atoms with E-state index in [1.54, 1.807) is 19.2 Å². The summed E-state index contributed by atoms with van der Waals surface area (Å²) in [6, 6.07) is 27.2. The van der Waals surface area contributed by atoms with Gasteiger partial charge in [0.2, 0.25) is 10.0 Å². The predicted octanol–water partition coefficient (Wildman–Crippen LogP) is 6.93. The van der Waals surface area contributed by atoms with Gasteiger partial charge in [-0.3, -0.25) is 9.10 Å². The van der Waals surface area contributed by atoms with Gasteiger partial charge in [-0.05, 0) is 59.7 Å². The van der Waals surface area contributed by atoms with Crippen LogP contribution in [0.5, 0.6) is 0 Å². The lowest BCUT2D eigenvalue weighted by atomic mass is 9.96. The summed E-state index contributed by atoms with van der Waals surface area (Å²) in [5, 5.41) is 4.26. The minimum absolute atomic E-state index is 0.255. The molecule has 45 heavy (non-hydrogen) atoms. The van der Waals surface area contributed by atoms with Crippen molar-refractivity contribution in [3.8, 4) is 33.7 Å². The van der Waals surface area contributed by atoms with Crippen molar-refractivity contribution in [2.45, 2.75) is 6.54 Å². The van der Waals surface area contributed by atoms with E-state index < -0.39 is 15.8 Å². The molecule has 0 aliphatic rings. The third-order valence-corrected chi connectivity index (χ3v) is 9.19. The van der Waals surface area contributed by atoms with E-state index in [1.165, 1.54) is 42.7 Å². The fraction of sp³-hybridized carbons (Fsp3) is 0.171. The summed E-state index contributed by atoms with van der Waals surface area (Å²) in [6.07, 6.45) is 1.13. The fourth-order valence-electron chi connectivity index (χ4n) is 5.68. The van der Waals surface area contributed by atoms with Crippen LogP contribution in [0.4, 0.5) is 10.1 Å². The van der Waals surface area contributed by atoms with Crippen LogP contribution < -0.4 is 9.62 Å². The average molecular weight is 626 g/mol. The molecule has 0 radical (unpaired) electrons. The van der Waals surface area contributed by atoms with E-state index in [2.05, 4.69) is 28.1 Å². The highest BCUT2D eigenvalue weighted by molar-refractivity contribution is 7.92. The number of para-hydroxylation sites is 1. The summed E-state index contributed by atoms with van der Waals surface area (Å²) in [6.45, 7) is 1.18. The second-order valence-electron chi connectivity index (χ2n) is 10.8. The Morgan fingerprint density at radius 3 is 2.40 bits per heavy atom. The lowest BCUT2D eigenvalue weighted by molar-refractivity contribution is 0.0964. The Morgan fingerprint density at radius 1 is 0.956 bits per heavy atom. The number of nitrogens with one attached hydrogen (secondary N) is 1. The number of nitrogens with zero attached hydrogens (tertiary/aromatic N) is 2. The van der Waals surface area contributed by atoms with Gasteiger partial charge >= 0.3 is 0 Å². The molecule has 0 spiro atoms. The van der Waals surface area contributed by atoms with Crippen LogP contribution >= 0.6 is 0 Å². The quantitative estimate of drug-likeness (QED) is 0.188. The molecule has 10 heteroatoms. The summed E-state index contributed by atoms with van der Waals surface area (Å²) in [7, 11) is 0.997. The molecule has 6 rings (SSSR count). The van der Waals surface area contributed by atoms with Crippen molar-refractivity contribution in [2.75, 3.05) is 38.4 Å². The lowest BCUT2D eigenvalue weighted by Gasteiger charge is -2.21. The van der Waals surface area contributed by atoms with E-state index in [4.69, 9.17) is 9.15 Å². The number of carbonyl (C=O) groups is 1. The largest absolute Gasteiger partial charge is 0.455 e. The van der Waals surface area contributed by atoms with E-state index in [1.807, 2.05) is 36.4 Å². The highest BCUT2D eigenvalue weighted by Crippen LogP contribution is 2.42. The van der Waals surface area contributed by atoms with Crippen LogP contribution in [-0.2, 0) is 21.3 Å². The maximum atomic E-state index is 13.7. The minimum atomic E-state index is -3.68. The Balaban J connectivity index is 1.60. The fourth-order valence-corrected chi connectivity index (χ4v) is 6.18. The first kappa shape index (κ1) is 30.1. The average Bonchev–Trinajstić information content (AvgIpc) is 3.60. The molecule has 6 aromatic rings. The Kier molecular flexibility index (Phi) is 7.94. The molecule has 0 saturated heterocycles. The van der Waals surface area contributed by atoms with Gasteiger partial charge in [0.1, 0.15) is 17.2 Å². The van der Waals surface area contributed by atoms with Gasteiger partial charge < -0.3 is 19.0 Å². The zero-order chi connectivity index (χ0) is 31.9. The Bertz CT molecular complexity index is 2170. The number of aromatic nitrogens is 1. The van der Waals surface area contributed by atoms with Crippen LogP contribution in [0.15, 0.2) is 95.4 Å². The highest BCUT2D eigenvalue weighted by Gasteiger charge is 2.26. The third kappa shape index (κ3) is 5.58. The van der Waals surface area contributed by atoms with Crippen molar-refractivity contribution in [3.63, 3.8) is 0 Å². The zero-order valence-corrected chi connectivity index (χ0v) is 26.1. The Labute approximate surface area is 260 Å². The van der Waals surface area contributed by atoms with E-state index in [9.17, 15) is 17.6 Å². The summed E-state index contributed by atoms with van der Waals surface area (Å²) < 4.78 is 54.4. The Hall–Kier alpha value is -4.93. The van der Waals surface area contributed by atoms with E-state index in [-0.39, 0.29) is 17.2 Å². The summed E-state index contributed by atoms with van der Waals surface area (Å²) in [4.78, 5) is 13.3.